The predicted octanol–water partition coefficient (Wildman–Crippen LogP) is 2.84. The lowest BCUT2D eigenvalue weighted by Gasteiger charge is -2.21. The zero-order valence-corrected chi connectivity index (χ0v) is 18.3. The third-order valence-corrected chi connectivity index (χ3v) is 6.88. The maximum absolute atomic E-state index is 12.6. The van der Waals surface area contributed by atoms with Crippen molar-refractivity contribution in [3.05, 3.63) is 40.5 Å². The second kappa shape index (κ2) is 8.30. The molecule has 3 rings (SSSR count). The molecule has 1 aliphatic rings. The zero-order valence-electron chi connectivity index (χ0n) is 15.9. The number of sulfonamides is 1. The van der Waals surface area contributed by atoms with Crippen molar-refractivity contribution >= 4 is 31.9 Å². The molecule has 1 aliphatic carbocycles. The third-order valence-electron chi connectivity index (χ3n) is 4.54. The Kier molecular flexibility index (Phi) is 6.21. The van der Waals surface area contributed by atoms with Gasteiger partial charge in [-0.05, 0) is 43.0 Å². The lowest BCUT2D eigenvalue weighted by molar-refractivity contribution is -0.122. The van der Waals surface area contributed by atoms with Crippen molar-refractivity contribution in [1.82, 2.24) is 19.8 Å². The summed E-state index contributed by atoms with van der Waals surface area (Å²) in [4.78, 5) is 17.0. The van der Waals surface area contributed by atoms with Crippen molar-refractivity contribution in [3.8, 4) is 0 Å². The number of amides is 1. The fourth-order valence-electron chi connectivity index (χ4n) is 2.69. The standard InChI is InChI=1S/C18H23BrN4O4S/c1-11(2)16(18-21-17(22-27-18)12-4-5-12)20-15(24)10-23(3)28(25,26)14-8-6-13(19)7-9-14/h6-9,11-12,16H,4-5,10H2,1-3H3,(H,20,24). The molecule has 1 N–H and O–H groups in total. The van der Waals surface area contributed by atoms with E-state index in [1.165, 1.54) is 19.2 Å². The van der Waals surface area contributed by atoms with Gasteiger partial charge in [0.2, 0.25) is 21.8 Å². The number of carbonyl (C=O) groups excluding carboxylic acids is 1. The summed E-state index contributed by atoms with van der Waals surface area (Å²) in [5, 5.41) is 6.81. The molecule has 0 bridgehead atoms. The highest BCUT2D eigenvalue weighted by Gasteiger charge is 2.32. The molecule has 1 aromatic carbocycles. The maximum atomic E-state index is 12.6. The Morgan fingerprint density at radius 1 is 1.32 bits per heavy atom. The van der Waals surface area contributed by atoms with Gasteiger partial charge in [0.05, 0.1) is 11.4 Å². The average molecular weight is 471 g/mol. The highest BCUT2D eigenvalue weighted by molar-refractivity contribution is 9.10. The Hall–Kier alpha value is -1.78. The number of hydrogen-bond donors (Lipinski definition) is 1. The highest BCUT2D eigenvalue weighted by atomic mass is 79.9. The fourth-order valence-corrected chi connectivity index (χ4v) is 4.08. The molecule has 1 unspecified atom stereocenters. The molecule has 152 valence electrons. The molecule has 1 saturated carbocycles. The van der Waals surface area contributed by atoms with Crippen molar-refractivity contribution < 1.29 is 17.7 Å². The Morgan fingerprint density at radius 3 is 2.54 bits per heavy atom. The van der Waals surface area contributed by atoms with Crippen LogP contribution in [0.25, 0.3) is 0 Å². The molecule has 1 heterocycles. The Morgan fingerprint density at radius 2 is 1.96 bits per heavy atom. The van der Waals surface area contributed by atoms with Gasteiger partial charge in [0.1, 0.15) is 6.04 Å². The van der Waals surface area contributed by atoms with Gasteiger partial charge in [-0.25, -0.2) is 8.42 Å². The summed E-state index contributed by atoms with van der Waals surface area (Å²) in [5.41, 5.74) is 0. The zero-order chi connectivity index (χ0) is 20.5. The van der Waals surface area contributed by atoms with Gasteiger partial charge >= 0.3 is 0 Å². The van der Waals surface area contributed by atoms with Crippen LogP contribution in [0.5, 0.6) is 0 Å². The number of hydrogen-bond acceptors (Lipinski definition) is 6. The monoisotopic (exact) mass is 470 g/mol. The Labute approximate surface area is 172 Å². The Bertz CT molecular complexity index is 939. The number of carbonyl (C=O) groups is 1. The maximum Gasteiger partial charge on any atom is 0.249 e. The van der Waals surface area contributed by atoms with E-state index >= 15 is 0 Å². The Balaban J connectivity index is 1.67. The lowest BCUT2D eigenvalue weighted by Crippen LogP contribution is -2.41. The van der Waals surface area contributed by atoms with Crippen LogP contribution in [0.3, 0.4) is 0 Å². The minimum absolute atomic E-state index is 0.00448. The topological polar surface area (TPSA) is 105 Å². The first kappa shape index (κ1) is 20.9. The van der Waals surface area contributed by atoms with Crippen LogP contribution in [0.1, 0.15) is 50.4 Å². The van der Waals surface area contributed by atoms with Crippen LogP contribution >= 0.6 is 15.9 Å². The number of nitrogens with one attached hydrogen (secondary N) is 1. The van der Waals surface area contributed by atoms with E-state index in [0.29, 0.717) is 17.6 Å². The second-order valence-electron chi connectivity index (χ2n) is 7.27. The molecule has 8 nitrogen and oxygen atoms in total. The molecule has 10 heteroatoms. The smallest absolute Gasteiger partial charge is 0.249 e. The number of rotatable bonds is 8. The summed E-state index contributed by atoms with van der Waals surface area (Å²) < 4.78 is 32.4. The van der Waals surface area contributed by atoms with Crippen molar-refractivity contribution in [2.75, 3.05) is 13.6 Å². The first-order valence-corrected chi connectivity index (χ1v) is 11.3. The van der Waals surface area contributed by atoms with Gasteiger partial charge < -0.3 is 9.84 Å². The van der Waals surface area contributed by atoms with Gasteiger partial charge in [-0.2, -0.15) is 9.29 Å². The van der Waals surface area contributed by atoms with E-state index in [4.69, 9.17) is 4.52 Å². The van der Waals surface area contributed by atoms with E-state index < -0.39 is 22.0 Å². The molecule has 0 aliphatic heterocycles. The van der Waals surface area contributed by atoms with Crippen molar-refractivity contribution in [2.24, 2.45) is 5.92 Å². The molecule has 1 fully saturated rings. The van der Waals surface area contributed by atoms with Crippen molar-refractivity contribution in [1.29, 1.82) is 0 Å². The minimum Gasteiger partial charge on any atom is -0.343 e. The summed E-state index contributed by atoms with van der Waals surface area (Å²) in [6, 6.07) is 5.78. The van der Waals surface area contributed by atoms with E-state index in [1.807, 2.05) is 13.8 Å². The van der Waals surface area contributed by atoms with Gasteiger partial charge in [0.15, 0.2) is 5.82 Å². The molecule has 2 aromatic rings. The van der Waals surface area contributed by atoms with Crippen LogP contribution in [0.2, 0.25) is 0 Å². The van der Waals surface area contributed by atoms with E-state index in [1.54, 1.807) is 12.1 Å². The van der Waals surface area contributed by atoms with Crippen molar-refractivity contribution in [2.45, 2.75) is 43.5 Å². The summed E-state index contributed by atoms with van der Waals surface area (Å²) >= 11 is 3.27. The number of likely N-dealkylation sites (N-methyl/N-ethyl adjacent to an activating group) is 1. The minimum atomic E-state index is -3.77. The normalized spacial score (nSPS) is 15.8. The second-order valence-corrected chi connectivity index (χ2v) is 10.2. The summed E-state index contributed by atoms with van der Waals surface area (Å²) in [5.74, 6) is 0.939. The first-order valence-electron chi connectivity index (χ1n) is 9.03. The molecular weight excluding hydrogens is 448 g/mol. The van der Waals surface area contributed by atoms with Crippen LogP contribution in [-0.4, -0.2) is 42.4 Å². The molecule has 0 radical (unpaired) electrons. The fraction of sp³-hybridized carbons (Fsp3) is 0.500. The number of halogens is 1. The average Bonchev–Trinajstić information content (AvgIpc) is 3.37. The summed E-state index contributed by atoms with van der Waals surface area (Å²) in [7, 11) is -2.40. The van der Waals surface area contributed by atoms with Crippen LogP contribution in [0.4, 0.5) is 0 Å². The highest BCUT2D eigenvalue weighted by Crippen LogP contribution is 2.38. The SMILES string of the molecule is CC(C)C(NC(=O)CN(C)S(=O)(=O)c1ccc(Br)cc1)c1nc(C2CC2)no1. The third kappa shape index (κ3) is 4.79. The molecule has 1 aromatic heterocycles. The van der Waals surface area contributed by atoms with Gasteiger partial charge in [0, 0.05) is 17.4 Å². The van der Waals surface area contributed by atoms with Gasteiger partial charge in [-0.3, -0.25) is 4.79 Å². The van der Waals surface area contributed by atoms with Crippen LogP contribution in [0, 0.1) is 5.92 Å². The van der Waals surface area contributed by atoms with E-state index in [9.17, 15) is 13.2 Å². The molecule has 1 amide bonds. The molecule has 28 heavy (non-hydrogen) atoms. The molecule has 1 atom stereocenters. The van der Waals surface area contributed by atoms with E-state index in [0.717, 1.165) is 21.6 Å². The largest absolute Gasteiger partial charge is 0.343 e. The summed E-state index contributed by atoms with van der Waals surface area (Å²) in [6.45, 7) is 3.54. The van der Waals surface area contributed by atoms with Crippen LogP contribution in [0.15, 0.2) is 38.2 Å². The number of aromatic nitrogens is 2. The van der Waals surface area contributed by atoms with Crippen LogP contribution < -0.4 is 5.32 Å². The molecule has 0 saturated heterocycles. The lowest BCUT2D eigenvalue weighted by atomic mass is 10.0. The first-order chi connectivity index (χ1) is 13.2. The molecular formula is C18H23BrN4O4S. The van der Waals surface area contributed by atoms with Crippen molar-refractivity contribution in [3.63, 3.8) is 0 Å². The number of nitrogens with zero attached hydrogens (tertiary/aromatic N) is 3. The van der Waals surface area contributed by atoms with E-state index in [2.05, 4.69) is 31.4 Å². The summed E-state index contributed by atoms with van der Waals surface area (Å²) in [6.07, 6.45) is 2.10. The van der Waals surface area contributed by atoms with Gasteiger partial charge in [-0.15, -0.1) is 0 Å². The number of benzene rings is 1. The quantitative estimate of drug-likeness (QED) is 0.635. The molecule has 0 spiro atoms. The van der Waals surface area contributed by atoms with Gasteiger partial charge in [0.25, 0.3) is 0 Å². The predicted molar refractivity (Wildman–Crippen MR) is 106 cm³/mol. The van der Waals surface area contributed by atoms with E-state index in [-0.39, 0.29) is 17.4 Å². The van der Waals surface area contributed by atoms with Crippen LogP contribution in [-0.2, 0) is 14.8 Å². The van der Waals surface area contributed by atoms with Gasteiger partial charge in [-0.1, -0.05) is 34.9 Å².